The average Bonchev–Trinajstić information content (AvgIpc) is 2.39. The molecule has 0 spiro atoms. The highest BCUT2D eigenvalue weighted by Crippen LogP contribution is 2.19. The van der Waals surface area contributed by atoms with Crippen molar-refractivity contribution in [2.75, 3.05) is 11.9 Å². The number of hydrogen-bond acceptors (Lipinski definition) is 7. The SMILES string of the molecule is NS(=O)(=O)c1ccc(N[C@H]2OC[C@@H](O)[C@@H](O)[C@H]2O)cc1. The van der Waals surface area contributed by atoms with Crippen molar-refractivity contribution in [1.82, 2.24) is 0 Å². The van der Waals surface area contributed by atoms with Crippen LogP contribution in [-0.2, 0) is 14.8 Å². The molecule has 0 bridgehead atoms. The Hall–Kier alpha value is -1.23. The lowest BCUT2D eigenvalue weighted by atomic mass is 10.0. The molecule has 1 aliphatic heterocycles. The molecule has 0 saturated carbocycles. The first-order chi connectivity index (χ1) is 9.29. The van der Waals surface area contributed by atoms with Gasteiger partial charge < -0.3 is 25.4 Å². The van der Waals surface area contributed by atoms with E-state index in [1.165, 1.54) is 24.3 Å². The van der Waals surface area contributed by atoms with Crippen LogP contribution in [0.2, 0.25) is 0 Å². The zero-order valence-electron chi connectivity index (χ0n) is 10.4. The first-order valence-electron chi connectivity index (χ1n) is 5.84. The highest BCUT2D eigenvalue weighted by atomic mass is 32.2. The van der Waals surface area contributed by atoms with Gasteiger partial charge >= 0.3 is 0 Å². The molecule has 6 N–H and O–H groups in total. The summed E-state index contributed by atoms with van der Waals surface area (Å²) in [6.45, 7) is -0.120. The third kappa shape index (κ3) is 3.26. The summed E-state index contributed by atoms with van der Waals surface area (Å²) in [6.07, 6.45) is -4.68. The summed E-state index contributed by atoms with van der Waals surface area (Å²) in [5, 5.41) is 36.3. The maximum Gasteiger partial charge on any atom is 0.238 e. The molecule has 1 aromatic carbocycles. The van der Waals surface area contributed by atoms with Crippen LogP contribution in [0, 0.1) is 0 Å². The van der Waals surface area contributed by atoms with Gasteiger partial charge in [-0.1, -0.05) is 0 Å². The zero-order valence-corrected chi connectivity index (χ0v) is 11.2. The van der Waals surface area contributed by atoms with E-state index in [0.29, 0.717) is 5.69 Å². The average molecular weight is 304 g/mol. The number of aliphatic hydroxyl groups excluding tert-OH is 3. The van der Waals surface area contributed by atoms with E-state index < -0.39 is 34.6 Å². The molecule has 0 aromatic heterocycles. The number of nitrogens with one attached hydrogen (secondary N) is 1. The summed E-state index contributed by atoms with van der Waals surface area (Å²) < 4.78 is 27.4. The molecule has 8 nitrogen and oxygen atoms in total. The largest absolute Gasteiger partial charge is 0.388 e. The molecule has 112 valence electrons. The fourth-order valence-electron chi connectivity index (χ4n) is 1.84. The Balaban J connectivity index is 2.07. The van der Waals surface area contributed by atoms with Crippen molar-refractivity contribution >= 4 is 15.7 Å². The standard InChI is InChI=1S/C11H16N2O6S/c12-20(17,18)7-3-1-6(2-4-7)13-11-10(16)9(15)8(14)5-19-11/h1-4,8-11,13-16H,5H2,(H2,12,17,18)/t8-,9-,10-,11+/m1/s1. The number of anilines is 1. The van der Waals surface area contributed by atoms with E-state index in [9.17, 15) is 23.7 Å². The molecule has 0 radical (unpaired) electrons. The van der Waals surface area contributed by atoms with Gasteiger partial charge in [-0.15, -0.1) is 0 Å². The molecule has 0 amide bonds. The Morgan fingerprint density at radius 2 is 1.75 bits per heavy atom. The second-order valence-electron chi connectivity index (χ2n) is 4.52. The maximum atomic E-state index is 11.1. The van der Waals surface area contributed by atoms with Gasteiger partial charge in [-0.05, 0) is 24.3 Å². The van der Waals surface area contributed by atoms with Crippen LogP contribution in [-0.4, -0.2) is 54.9 Å². The molecule has 1 saturated heterocycles. The quantitative estimate of drug-likeness (QED) is 0.443. The first-order valence-corrected chi connectivity index (χ1v) is 7.39. The summed E-state index contributed by atoms with van der Waals surface area (Å²) in [5.41, 5.74) is 0.477. The molecule has 4 atom stereocenters. The van der Waals surface area contributed by atoms with E-state index in [1.807, 2.05) is 0 Å². The normalized spacial score (nSPS) is 31.0. The minimum atomic E-state index is -3.76. The minimum Gasteiger partial charge on any atom is -0.388 e. The summed E-state index contributed by atoms with van der Waals surface area (Å²) in [4.78, 5) is -0.0383. The van der Waals surface area contributed by atoms with Gasteiger partial charge in [-0.2, -0.15) is 0 Å². The third-order valence-corrected chi connectivity index (χ3v) is 3.92. The van der Waals surface area contributed by atoms with Crippen LogP contribution >= 0.6 is 0 Å². The van der Waals surface area contributed by atoms with Gasteiger partial charge in [-0.3, -0.25) is 0 Å². The van der Waals surface area contributed by atoms with E-state index in [1.54, 1.807) is 0 Å². The number of sulfonamides is 1. The fourth-order valence-corrected chi connectivity index (χ4v) is 2.35. The molecule has 20 heavy (non-hydrogen) atoms. The van der Waals surface area contributed by atoms with Gasteiger partial charge in [0.05, 0.1) is 11.5 Å². The maximum absolute atomic E-state index is 11.1. The smallest absolute Gasteiger partial charge is 0.238 e. The Kier molecular flexibility index (Phi) is 4.28. The molecule has 1 aliphatic rings. The van der Waals surface area contributed by atoms with Crippen molar-refractivity contribution in [2.45, 2.75) is 29.4 Å². The van der Waals surface area contributed by atoms with Crippen LogP contribution in [0.5, 0.6) is 0 Å². The Labute approximate surface area is 115 Å². The summed E-state index contributed by atoms with van der Waals surface area (Å²) in [6, 6.07) is 5.51. The van der Waals surface area contributed by atoms with Crippen LogP contribution < -0.4 is 10.5 Å². The summed E-state index contributed by atoms with van der Waals surface area (Å²) in [5.74, 6) is 0. The van der Waals surface area contributed by atoms with Crippen LogP contribution in [0.1, 0.15) is 0 Å². The number of rotatable bonds is 3. The van der Waals surface area contributed by atoms with E-state index in [2.05, 4.69) is 5.32 Å². The van der Waals surface area contributed by atoms with E-state index in [-0.39, 0.29) is 11.5 Å². The molecule has 1 aromatic rings. The summed E-state index contributed by atoms with van der Waals surface area (Å²) in [7, 11) is -3.76. The lowest BCUT2D eigenvalue weighted by molar-refractivity contribution is -0.178. The van der Waals surface area contributed by atoms with E-state index in [0.717, 1.165) is 0 Å². The summed E-state index contributed by atoms with van der Waals surface area (Å²) >= 11 is 0. The van der Waals surface area contributed by atoms with E-state index >= 15 is 0 Å². The van der Waals surface area contributed by atoms with Gasteiger partial charge in [0.2, 0.25) is 10.0 Å². The topological polar surface area (TPSA) is 142 Å². The molecule has 0 unspecified atom stereocenters. The van der Waals surface area contributed by atoms with Crippen molar-refractivity contribution in [1.29, 1.82) is 0 Å². The highest BCUT2D eigenvalue weighted by molar-refractivity contribution is 7.89. The number of benzene rings is 1. The lowest BCUT2D eigenvalue weighted by Gasteiger charge is -2.35. The first kappa shape index (κ1) is 15.2. The monoisotopic (exact) mass is 304 g/mol. The Morgan fingerprint density at radius 3 is 2.30 bits per heavy atom. The predicted octanol–water partition coefficient (Wildman–Crippen LogP) is -1.82. The van der Waals surface area contributed by atoms with Crippen molar-refractivity contribution in [3.8, 4) is 0 Å². The fraction of sp³-hybridized carbons (Fsp3) is 0.455. The van der Waals surface area contributed by atoms with Crippen LogP contribution in [0.25, 0.3) is 0 Å². The number of hydrogen-bond donors (Lipinski definition) is 5. The Bertz CT molecular complexity index is 561. The lowest BCUT2D eigenvalue weighted by Crippen LogP contribution is -2.55. The second kappa shape index (κ2) is 5.64. The number of nitrogens with two attached hydrogens (primary N) is 1. The van der Waals surface area contributed by atoms with Gasteiger partial charge in [0.25, 0.3) is 0 Å². The zero-order chi connectivity index (χ0) is 14.9. The number of primary sulfonamides is 1. The van der Waals surface area contributed by atoms with Gasteiger partial charge in [0.1, 0.15) is 18.3 Å². The number of aliphatic hydroxyl groups is 3. The number of ether oxygens (including phenoxy) is 1. The molecule has 1 heterocycles. The van der Waals surface area contributed by atoms with Crippen molar-refractivity contribution in [2.24, 2.45) is 5.14 Å². The second-order valence-corrected chi connectivity index (χ2v) is 6.08. The van der Waals surface area contributed by atoms with Crippen LogP contribution in [0.15, 0.2) is 29.2 Å². The molecule has 9 heteroatoms. The molecular weight excluding hydrogens is 288 g/mol. The third-order valence-electron chi connectivity index (χ3n) is 2.99. The molecule has 1 fully saturated rings. The highest BCUT2D eigenvalue weighted by Gasteiger charge is 2.37. The van der Waals surface area contributed by atoms with Crippen molar-refractivity contribution in [3.63, 3.8) is 0 Å². The Morgan fingerprint density at radius 1 is 1.15 bits per heavy atom. The molecular formula is C11H16N2O6S. The predicted molar refractivity (Wildman–Crippen MR) is 69.2 cm³/mol. The van der Waals surface area contributed by atoms with Crippen LogP contribution in [0.3, 0.4) is 0 Å². The van der Waals surface area contributed by atoms with Gasteiger partial charge in [0, 0.05) is 5.69 Å². The van der Waals surface area contributed by atoms with E-state index in [4.69, 9.17) is 9.88 Å². The molecule has 0 aliphatic carbocycles. The van der Waals surface area contributed by atoms with Gasteiger partial charge in [-0.25, -0.2) is 13.6 Å². The minimum absolute atomic E-state index is 0.0383. The van der Waals surface area contributed by atoms with Gasteiger partial charge in [0.15, 0.2) is 6.23 Å². The van der Waals surface area contributed by atoms with Crippen LogP contribution in [0.4, 0.5) is 5.69 Å². The molecule has 2 rings (SSSR count). The van der Waals surface area contributed by atoms with Crippen molar-refractivity contribution in [3.05, 3.63) is 24.3 Å². The van der Waals surface area contributed by atoms with Crippen molar-refractivity contribution < 1.29 is 28.5 Å².